The number of aromatic nitrogens is 1. The van der Waals surface area contributed by atoms with Gasteiger partial charge >= 0.3 is 10.2 Å². The summed E-state index contributed by atoms with van der Waals surface area (Å²) in [6.07, 6.45) is -1.19. The van der Waals surface area contributed by atoms with Crippen molar-refractivity contribution >= 4 is 46.1 Å². The molecule has 1 aromatic heterocycles. The van der Waals surface area contributed by atoms with Crippen molar-refractivity contribution in [1.82, 2.24) is 8.28 Å². The monoisotopic (exact) mass is 443 g/mol. The first-order valence-electron chi connectivity index (χ1n) is 9.65. The summed E-state index contributed by atoms with van der Waals surface area (Å²) < 4.78 is 28.9. The molecule has 1 aliphatic heterocycles. The normalized spacial score (nSPS) is 17.2. The molecule has 1 N–H and O–H groups in total. The summed E-state index contributed by atoms with van der Waals surface area (Å²) in [5, 5.41) is 12.4. The van der Waals surface area contributed by atoms with Gasteiger partial charge in [-0.25, -0.2) is 3.97 Å². The largest absolute Gasteiger partial charge is 0.369 e. The second-order valence-corrected chi connectivity index (χ2v) is 15.7. The fraction of sp³-hybridized carbons (Fsp3) is 0.286. The SMILES string of the molecule is CN(C)S(=O)(=O)n1c([Si](C)(C)C)cc2c3c(ccc21)C(=O)N(c1ccccc1)[C@@H]3O. The Morgan fingerprint density at radius 1 is 1.03 bits per heavy atom. The van der Waals surface area contributed by atoms with Crippen molar-refractivity contribution in [3.63, 3.8) is 0 Å². The minimum absolute atomic E-state index is 0.302. The van der Waals surface area contributed by atoms with E-state index < -0.39 is 24.5 Å². The van der Waals surface area contributed by atoms with Crippen LogP contribution in [0.1, 0.15) is 22.1 Å². The molecule has 30 heavy (non-hydrogen) atoms. The highest BCUT2D eigenvalue weighted by molar-refractivity contribution is 7.88. The fourth-order valence-corrected chi connectivity index (χ4v) is 7.40. The second-order valence-electron chi connectivity index (χ2n) is 8.68. The number of amides is 1. The van der Waals surface area contributed by atoms with E-state index >= 15 is 0 Å². The first-order valence-corrected chi connectivity index (χ1v) is 14.5. The number of rotatable bonds is 4. The van der Waals surface area contributed by atoms with Gasteiger partial charge in [-0.2, -0.15) is 12.7 Å². The van der Waals surface area contributed by atoms with Crippen molar-refractivity contribution in [1.29, 1.82) is 0 Å². The van der Waals surface area contributed by atoms with E-state index in [1.807, 2.05) is 12.1 Å². The van der Waals surface area contributed by atoms with Gasteiger partial charge in [0.05, 0.1) is 5.52 Å². The molecule has 0 bridgehead atoms. The number of nitrogens with zero attached hydrogens (tertiary/aromatic N) is 3. The summed E-state index contributed by atoms with van der Waals surface area (Å²) in [6, 6.07) is 14.1. The molecule has 2 aromatic carbocycles. The van der Waals surface area contributed by atoms with Gasteiger partial charge in [-0.1, -0.05) is 37.8 Å². The number of hydrogen-bond donors (Lipinski definition) is 1. The van der Waals surface area contributed by atoms with Gasteiger partial charge in [0.15, 0.2) is 6.23 Å². The molecule has 0 spiro atoms. The van der Waals surface area contributed by atoms with Crippen LogP contribution in [-0.2, 0) is 10.2 Å². The van der Waals surface area contributed by atoms with Crippen LogP contribution in [0, 0.1) is 0 Å². The van der Waals surface area contributed by atoms with Gasteiger partial charge in [-0.15, -0.1) is 0 Å². The summed E-state index contributed by atoms with van der Waals surface area (Å²) in [5.74, 6) is -0.302. The summed E-state index contributed by atoms with van der Waals surface area (Å²) in [7, 11) is -2.88. The smallest absolute Gasteiger partial charge is 0.307 e. The Bertz CT molecular complexity index is 1260. The van der Waals surface area contributed by atoms with Crippen LogP contribution in [-0.4, -0.2) is 49.9 Å². The van der Waals surface area contributed by atoms with Crippen molar-refractivity contribution in [3.05, 3.63) is 59.7 Å². The van der Waals surface area contributed by atoms with E-state index in [9.17, 15) is 18.3 Å². The standard InChI is InChI=1S/C21H25N3O4SSi/c1-22(2)29(27,28)24-17-12-11-15-19(16(17)13-18(24)30(3,4)5)21(26)23(20(15)25)14-9-7-6-8-10-14/h6-13,21,26H,1-5H3/t21-/m1/s1. The van der Waals surface area contributed by atoms with Crippen LogP contribution < -0.4 is 10.2 Å². The maximum absolute atomic E-state index is 13.2. The highest BCUT2D eigenvalue weighted by Crippen LogP contribution is 2.40. The van der Waals surface area contributed by atoms with E-state index in [4.69, 9.17) is 0 Å². The molecule has 3 aromatic rings. The molecule has 0 unspecified atom stereocenters. The number of hydrogen-bond acceptors (Lipinski definition) is 4. The zero-order valence-electron chi connectivity index (χ0n) is 17.6. The predicted octanol–water partition coefficient (Wildman–Crippen LogP) is 2.49. The van der Waals surface area contributed by atoms with Crippen LogP contribution >= 0.6 is 0 Å². The Balaban J connectivity index is 2.03. The predicted molar refractivity (Wildman–Crippen MR) is 121 cm³/mol. The number of carbonyl (C=O) groups excluding carboxylic acids is 1. The van der Waals surface area contributed by atoms with Crippen LogP contribution in [0.5, 0.6) is 0 Å². The molecule has 1 aliphatic rings. The second kappa shape index (κ2) is 6.78. The van der Waals surface area contributed by atoms with Gasteiger partial charge in [0.1, 0.15) is 8.07 Å². The zero-order chi connectivity index (χ0) is 22.0. The maximum Gasteiger partial charge on any atom is 0.307 e. The highest BCUT2D eigenvalue weighted by Gasteiger charge is 2.40. The average Bonchev–Trinajstić information content (AvgIpc) is 3.19. The summed E-state index contributed by atoms with van der Waals surface area (Å²) in [6.45, 7) is 6.21. The van der Waals surface area contributed by atoms with Crippen molar-refractivity contribution in [2.75, 3.05) is 19.0 Å². The van der Waals surface area contributed by atoms with Gasteiger partial charge in [0.2, 0.25) is 0 Å². The molecule has 0 saturated heterocycles. The van der Waals surface area contributed by atoms with E-state index in [0.717, 1.165) is 5.32 Å². The van der Waals surface area contributed by atoms with Gasteiger partial charge < -0.3 is 5.11 Å². The van der Waals surface area contributed by atoms with Crippen molar-refractivity contribution in [2.45, 2.75) is 25.9 Å². The Morgan fingerprint density at radius 2 is 1.67 bits per heavy atom. The van der Waals surface area contributed by atoms with Gasteiger partial charge in [-0.3, -0.25) is 9.69 Å². The third-order valence-electron chi connectivity index (χ3n) is 5.43. The third kappa shape index (κ3) is 2.92. The highest BCUT2D eigenvalue weighted by atomic mass is 32.2. The summed E-state index contributed by atoms with van der Waals surface area (Å²) in [4.78, 5) is 14.4. The number of anilines is 1. The molecular weight excluding hydrogens is 418 g/mol. The third-order valence-corrected chi connectivity index (χ3v) is 9.27. The molecule has 9 heteroatoms. The Hall–Kier alpha value is -2.46. The zero-order valence-corrected chi connectivity index (χ0v) is 19.4. The minimum Gasteiger partial charge on any atom is -0.369 e. The number of carbonyl (C=O) groups is 1. The van der Waals surface area contributed by atoms with Gasteiger partial charge in [0.25, 0.3) is 5.91 Å². The molecule has 0 saturated carbocycles. The van der Waals surface area contributed by atoms with Crippen molar-refractivity contribution < 1.29 is 18.3 Å². The van der Waals surface area contributed by atoms with E-state index in [0.29, 0.717) is 27.7 Å². The molecule has 1 amide bonds. The quantitative estimate of drug-likeness (QED) is 0.628. The van der Waals surface area contributed by atoms with Crippen LogP contribution in [0.15, 0.2) is 48.5 Å². The first kappa shape index (κ1) is 20.8. The maximum atomic E-state index is 13.2. The number of fused-ring (bicyclic) bond motifs is 3. The van der Waals surface area contributed by atoms with Gasteiger partial charge in [-0.05, 0) is 30.3 Å². The Morgan fingerprint density at radius 3 is 2.23 bits per heavy atom. The molecule has 158 valence electrons. The number of aliphatic hydroxyl groups excluding tert-OH is 1. The van der Waals surface area contributed by atoms with Gasteiger partial charge in [0, 0.05) is 41.6 Å². The number of benzene rings is 2. The minimum atomic E-state index is -3.78. The van der Waals surface area contributed by atoms with E-state index in [1.54, 1.807) is 36.4 Å². The van der Waals surface area contributed by atoms with Crippen LogP contribution in [0.2, 0.25) is 19.6 Å². The Labute approximate surface area is 177 Å². The number of para-hydroxylation sites is 1. The summed E-state index contributed by atoms with van der Waals surface area (Å²) in [5.41, 5.74) is 1.90. The van der Waals surface area contributed by atoms with Crippen LogP contribution in [0.25, 0.3) is 10.9 Å². The fourth-order valence-electron chi connectivity index (χ4n) is 3.89. The molecule has 7 nitrogen and oxygen atoms in total. The van der Waals surface area contributed by atoms with E-state index in [1.165, 1.54) is 27.3 Å². The molecular formula is C21H25N3O4SSi. The average molecular weight is 444 g/mol. The van der Waals surface area contributed by atoms with Crippen molar-refractivity contribution in [2.24, 2.45) is 0 Å². The summed E-state index contributed by atoms with van der Waals surface area (Å²) >= 11 is 0. The van der Waals surface area contributed by atoms with E-state index in [-0.39, 0.29) is 5.91 Å². The molecule has 1 atom stereocenters. The van der Waals surface area contributed by atoms with Crippen molar-refractivity contribution in [3.8, 4) is 0 Å². The van der Waals surface area contributed by atoms with E-state index in [2.05, 4.69) is 19.6 Å². The molecule has 2 heterocycles. The molecule has 0 fully saturated rings. The lowest BCUT2D eigenvalue weighted by atomic mass is 10.0. The lowest BCUT2D eigenvalue weighted by molar-refractivity contribution is 0.0936. The first-order chi connectivity index (χ1) is 14.0. The van der Waals surface area contributed by atoms with Crippen LogP contribution in [0.3, 0.4) is 0 Å². The molecule has 0 aliphatic carbocycles. The molecule has 0 radical (unpaired) electrons. The van der Waals surface area contributed by atoms with Crippen LogP contribution in [0.4, 0.5) is 5.69 Å². The lowest BCUT2D eigenvalue weighted by Crippen LogP contribution is -2.47. The number of aliphatic hydroxyl groups is 1. The topological polar surface area (TPSA) is 82.9 Å². The molecule has 4 rings (SSSR count). The Kier molecular flexibility index (Phi) is 4.70. The lowest BCUT2D eigenvalue weighted by Gasteiger charge is -2.22.